The van der Waals surface area contributed by atoms with Crippen LogP contribution >= 0.6 is 23.2 Å². The molecular formula is C16H13Cl2N3. The monoisotopic (exact) mass is 317 g/mol. The van der Waals surface area contributed by atoms with Crippen LogP contribution < -0.4 is 5.32 Å². The number of aromatic nitrogens is 2. The Kier molecular flexibility index (Phi) is 4.13. The van der Waals surface area contributed by atoms with Gasteiger partial charge in [-0.2, -0.15) is 5.10 Å². The molecule has 0 spiro atoms. The summed E-state index contributed by atoms with van der Waals surface area (Å²) in [5.74, 6) is 0. The van der Waals surface area contributed by atoms with Crippen LogP contribution in [0.4, 0.5) is 5.69 Å². The van der Waals surface area contributed by atoms with Crippen molar-refractivity contribution in [1.82, 2.24) is 9.78 Å². The maximum absolute atomic E-state index is 6.17. The molecular weight excluding hydrogens is 305 g/mol. The maximum Gasteiger partial charge on any atom is 0.0666 e. The van der Waals surface area contributed by atoms with Crippen molar-refractivity contribution in [3.8, 4) is 5.69 Å². The summed E-state index contributed by atoms with van der Waals surface area (Å²) < 4.78 is 1.82. The van der Waals surface area contributed by atoms with Crippen molar-refractivity contribution >= 4 is 28.9 Å². The number of hydrogen-bond acceptors (Lipinski definition) is 2. The van der Waals surface area contributed by atoms with Crippen LogP contribution in [0.1, 0.15) is 5.56 Å². The fourth-order valence-electron chi connectivity index (χ4n) is 2.04. The SMILES string of the molecule is Clc1ccc(CNc2cccc(-n3cccn3)c2)c(Cl)c1. The van der Waals surface area contributed by atoms with Gasteiger partial charge in [0.05, 0.1) is 5.69 Å². The van der Waals surface area contributed by atoms with Gasteiger partial charge in [-0.15, -0.1) is 0 Å². The highest BCUT2D eigenvalue weighted by Gasteiger charge is 2.02. The zero-order valence-corrected chi connectivity index (χ0v) is 12.6. The van der Waals surface area contributed by atoms with Crippen molar-refractivity contribution < 1.29 is 0 Å². The summed E-state index contributed by atoms with van der Waals surface area (Å²) in [6.45, 7) is 0.637. The molecule has 0 aliphatic rings. The average Bonchev–Trinajstić information content (AvgIpc) is 3.01. The summed E-state index contributed by atoms with van der Waals surface area (Å²) in [6, 6.07) is 15.5. The molecule has 1 N–H and O–H groups in total. The van der Waals surface area contributed by atoms with Gasteiger partial charge in [-0.1, -0.05) is 35.3 Å². The lowest BCUT2D eigenvalue weighted by Gasteiger charge is -2.10. The minimum absolute atomic E-state index is 0.637. The molecule has 3 nitrogen and oxygen atoms in total. The van der Waals surface area contributed by atoms with Crippen LogP contribution in [-0.4, -0.2) is 9.78 Å². The molecule has 0 atom stereocenters. The van der Waals surface area contributed by atoms with Crippen LogP contribution in [0.25, 0.3) is 5.69 Å². The van der Waals surface area contributed by atoms with Gasteiger partial charge in [-0.3, -0.25) is 0 Å². The molecule has 2 aromatic carbocycles. The molecule has 0 bridgehead atoms. The topological polar surface area (TPSA) is 29.9 Å². The predicted molar refractivity (Wildman–Crippen MR) is 87.4 cm³/mol. The summed E-state index contributed by atoms with van der Waals surface area (Å²) in [6.07, 6.45) is 3.67. The molecule has 0 amide bonds. The van der Waals surface area contributed by atoms with Crippen LogP contribution in [0.2, 0.25) is 10.0 Å². The molecule has 5 heteroatoms. The van der Waals surface area contributed by atoms with Crippen molar-refractivity contribution in [2.75, 3.05) is 5.32 Å². The van der Waals surface area contributed by atoms with E-state index >= 15 is 0 Å². The standard InChI is InChI=1S/C16H13Cl2N3/c17-13-6-5-12(16(18)9-13)11-19-14-3-1-4-15(10-14)21-8-2-7-20-21/h1-10,19H,11H2. The first-order chi connectivity index (χ1) is 10.2. The van der Waals surface area contributed by atoms with Crippen molar-refractivity contribution in [3.05, 3.63) is 76.5 Å². The van der Waals surface area contributed by atoms with Gasteiger partial charge in [0.25, 0.3) is 0 Å². The maximum atomic E-state index is 6.17. The van der Waals surface area contributed by atoms with Gasteiger partial charge in [0.1, 0.15) is 0 Å². The van der Waals surface area contributed by atoms with E-state index in [9.17, 15) is 0 Å². The molecule has 0 saturated heterocycles. The molecule has 0 saturated carbocycles. The Morgan fingerprint density at radius 1 is 1.05 bits per heavy atom. The third-order valence-corrected chi connectivity index (χ3v) is 3.70. The lowest BCUT2D eigenvalue weighted by molar-refractivity contribution is 0.880. The second-order valence-electron chi connectivity index (χ2n) is 4.59. The minimum Gasteiger partial charge on any atom is -0.381 e. The van der Waals surface area contributed by atoms with E-state index in [1.54, 1.807) is 12.3 Å². The third kappa shape index (κ3) is 3.38. The number of nitrogens with zero attached hydrogens (tertiary/aromatic N) is 2. The zero-order chi connectivity index (χ0) is 14.7. The molecule has 0 radical (unpaired) electrons. The molecule has 1 heterocycles. The second kappa shape index (κ2) is 6.20. The molecule has 1 aromatic heterocycles. The highest BCUT2D eigenvalue weighted by Crippen LogP contribution is 2.22. The molecule has 0 fully saturated rings. The Morgan fingerprint density at radius 2 is 1.95 bits per heavy atom. The van der Waals surface area contributed by atoms with E-state index in [0.29, 0.717) is 16.6 Å². The summed E-state index contributed by atoms with van der Waals surface area (Å²) >= 11 is 12.1. The van der Waals surface area contributed by atoms with Crippen molar-refractivity contribution in [2.24, 2.45) is 0 Å². The van der Waals surface area contributed by atoms with Crippen LogP contribution in [0, 0.1) is 0 Å². The molecule has 21 heavy (non-hydrogen) atoms. The van der Waals surface area contributed by atoms with E-state index < -0.39 is 0 Å². The van der Waals surface area contributed by atoms with Crippen LogP contribution in [0.15, 0.2) is 60.9 Å². The van der Waals surface area contributed by atoms with E-state index in [1.165, 1.54) is 0 Å². The summed E-state index contributed by atoms with van der Waals surface area (Å²) in [5.41, 5.74) is 3.02. The molecule has 0 unspecified atom stereocenters. The van der Waals surface area contributed by atoms with E-state index in [0.717, 1.165) is 16.9 Å². The molecule has 3 aromatic rings. The fraction of sp³-hybridized carbons (Fsp3) is 0.0625. The van der Waals surface area contributed by atoms with E-state index in [4.69, 9.17) is 23.2 Å². The minimum atomic E-state index is 0.637. The van der Waals surface area contributed by atoms with Crippen molar-refractivity contribution in [2.45, 2.75) is 6.54 Å². The van der Waals surface area contributed by atoms with E-state index in [-0.39, 0.29) is 0 Å². The quantitative estimate of drug-likeness (QED) is 0.749. The lowest BCUT2D eigenvalue weighted by Crippen LogP contribution is -2.01. The highest BCUT2D eigenvalue weighted by atomic mass is 35.5. The Morgan fingerprint density at radius 3 is 2.71 bits per heavy atom. The lowest BCUT2D eigenvalue weighted by atomic mass is 10.2. The Bertz CT molecular complexity index is 739. The number of halogens is 2. The molecule has 106 valence electrons. The van der Waals surface area contributed by atoms with Gasteiger partial charge in [-0.25, -0.2) is 4.68 Å². The van der Waals surface area contributed by atoms with Gasteiger partial charge in [0.15, 0.2) is 0 Å². The fourth-order valence-corrected chi connectivity index (χ4v) is 2.52. The van der Waals surface area contributed by atoms with Crippen molar-refractivity contribution in [3.63, 3.8) is 0 Å². The number of nitrogens with one attached hydrogen (secondary N) is 1. The summed E-state index contributed by atoms with van der Waals surface area (Å²) in [7, 11) is 0. The first kappa shape index (κ1) is 14.0. The highest BCUT2D eigenvalue weighted by molar-refractivity contribution is 6.35. The number of benzene rings is 2. The van der Waals surface area contributed by atoms with Crippen molar-refractivity contribution in [1.29, 1.82) is 0 Å². The third-order valence-electron chi connectivity index (χ3n) is 3.11. The van der Waals surface area contributed by atoms with E-state index in [2.05, 4.69) is 10.4 Å². The Balaban J connectivity index is 1.75. The summed E-state index contributed by atoms with van der Waals surface area (Å²) in [5, 5.41) is 8.89. The first-order valence-corrected chi connectivity index (χ1v) is 7.26. The Labute approximate surface area is 133 Å². The number of rotatable bonds is 4. The Hall–Kier alpha value is -1.97. The number of hydrogen-bond donors (Lipinski definition) is 1. The molecule has 0 aliphatic carbocycles. The second-order valence-corrected chi connectivity index (χ2v) is 5.43. The average molecular weight is 318 g/mol. The summed E-state index contributed by atoms with van der Waals surface area (Å²) in [4.78, 5) is 0. The predicted octanol–water partition coefficient (Wildman–Crippen LogP) is 4.79. The van der Waals surface area contributed by atoms with Crippen LogP contribution in [0.5, 0.6) is 0 Å². The zero-order valence-electron chi connectivity index (χ0n) is 11.1. The van der Waals surface area contributed by atoms with E-state index in [1.807, 2.05) is 53.3 Å². The smallest absolute Gasteiger partial charge is 0.0666 e. The van der Waals surface area contributed by atoms with Crippen LogP contribution in [-0.2, 0) is 6.54 Å². The molecule has 3 rings (SSSR count). The van der Waals surface area contributed by atoms with Gasteiger partial charge in [0, 0.05) is 34.7 Å². The largest absolute Gasteiger partial charge is 0.381 e. The van der Waals surface area contributed by atoms with Gasteiger partial charge < -0.3 is 5.32 Å². The number of anilines is 1. The van der Waals surface area contributed by atoms with Gasteiger partial charge in [0.2, 0.25) is 0 Å². The van der Waals surface area contributed by atoms with Gasteiger partial charge >= 0.3 is 0 Å². The normalized spacial score (nSPS) is 10.6. The molecule has 0 aliphatic heterocycles. The first-order valence-electron chi connectivity index (χ1n) is 6.50. The van der Waals surface area contributed by atoms with Gasteiger partial charge in [-0.05, 0) is 42.0 Å². The van der Waals surface area contributed by atoms with Crippen LogP contribution in [0.3, 0.4) is 0 Å².